The highest BCUT2D eigenvalue weighted by Crippen LogP contribution is 2.37. The van der Waals surface area contributed by atoms with E-state index in [1.54, 1.807) is 50.2 Å². The molecule has 0 N–H and O–H groups in total. The number of carbonyl (C=O) groups excluding carboxylic acids is 2. The van der Waals surface area contributed by atoms with Crippen LogP contribution in [-0.2, 0) is 4.79 Å². The van der Waals surface area contributed by atoms with Gasteiger partial charge in [0.25, 0.3) is 0 Å². The fourth-order valence-corrected chi connectivity index (χ4v) is 3.31. The number of ether oxygens (including phenoxy) is 2. The van der Waals surface area contributed by atoms with E-state index in [4.69, 9.17) is 44.3 Å². The number of nitrogens with zero attached hydrogens (tertiary/aromatic N) is 1. The third-order valence-corrected chi connectivity index (χ3v) is 5.48. The van der Waals surface area contributed by atoms with Crippen LogP contribution in [0.25, 0.3) is 0 Å². The summed E-state index contributed by atoms with van der Waals surface area (Å²) in [4.78, 5) is 29.5. The number of hydrogen-bond acceptors (Lipinski definition) is 5. The van der Waals surface area contributed by atoms with E-state index in [2.05, 4.69) is 4.99 Å². The first-order valence-electron chi connectivity index (χ1n) is 9.98. The second-order valence-electron chi connectivity index (χ2n) is 7.49. The van der Waals surface area contributed by atoms with Gasteiger partial charge in [-0.1, -0.05) is 72.4 Å². The van der Waals surface area contributed by atoms with Gasteiger partial charge >= 0.3 is 11.9 Å². The van der Waals surface area contributed by atoms with Crippen LogP contribution in [0.2, 0.25) is 15.1 Å². The summed E-state index contributed by atoms with van der Waals surface area (Å²) in [5.41, 5.74) is 1.97. The zero-order valence-corrected chi connectivity index (χ0v) is 20.3. The summed E-state index contributed by atoms with van der Waals surface area (Å²) >= 11 is 18.5. The van der Waals surface area contributed by atoms with Gasteiger partial charge in [-0.3, -0.25) is 9.79 Å². The molecular weight excluding hydrogens is 485 g/mol. The highest BCUT2D eigenvalue weighted by molar-refractivity contribution is 6.43. The van der Waals surface area contributed by atoms with Gasteiger partial charge in [-0.15, -0.1) is 0 Å². The van der Waals surface area contributed by atoms with Crippen molar-refractivity contribution in [2.45, 2.75) is 20.8 Å². The quantitative estimate of drug-likeness (QED) is 0.198. The van der Waals surface area contributed by atoms with Crippen molar-refractivity contribution in [1.82, 2.24) is 0 Å². The molecule has 0 aliphatic heterocycles. The van der Waals surface area contributed by atoms with Crippen molar-refractivity contribution in [2.75, 3.05) is 0 Å². The first kappa shape index (κ1) is 24.8. The second kappa shape index (κ2) is 10.8. The summed E-state index contributed by atoms with van der Waals surface area (Å²) in [5, 5.41) is 0.867. The predicted molar refractivity (Wildman–Crippen MR) is 132 cm³/mol. The summed E-state index contributed by atoms with van der Waals surface area (Å²) in [6.07, 6.45) is 1.41. The predicted octanol–water partition coefficient (Wildman–Crippen LogP) is 7.49. The number of rotatable bonds is 6. The van der Waals surface area contributed by atoms with E-state index in [1.807, 2.05) is 13.0 Å². The number of aliphatic imine (C=N–C) groups is 1. The van der Waals surface area contributed by atoms with Crippen LogP contribution in [0.1, 0.15) is 35.3 Å². The van der Waals surface area contributed by atoms with Crippen LogP contribution >= 0.6 is 34.8 Å². The smallest absolute Gasteiger partial charge is 0.343 e. The van der Waals surface area contributed by atoms with E-state index >= 15 is 0 Å². The third-order valence-electron chi connectivity index (χ3n) is 4.45. The summed E-state index contributed by atoms with van der Waals surface area (Å²) < 4.78 is 11.1. The molecule has 0 amide bonds. The molecule has 170 valence electrons. The van der Waals surface area contributed by atoms with Gasteiger partial charge in [-0.2, -0.15) is 0 Å². The molecule has 3 aromatic carbocycles. The fraction of sp³-hybridized carbons (Fsp3) is 0.160. The molecule has 0 aliphatic rings. The third kappa shape index (κ3) is 6.35. The molecule has 3 rings (SSSR count). The lowest BCUT2D eigenvalue weighted by atomic mass is 10.1. The Morgan fingerprint density at radius 2 is 1.70 bits per heavy atom. The summed E-state index contributed by atoms with van der Waals surface area (Å²) in [6.45, 7) is 5.24. The number of benzene rings is 3. The van der Waals surface area contributed by atoms with Gasteiger partial charge in [0.15, 0.2) is 11.5 Å². The van der Waals surface area contributed by atoms with Crippen LogP contribution in [0.5, 0.6) is 11.5 Å². The molecule has 5 nitrogen and oxygen atoms in total. The lowest BCUT2D eigenvalue weighted by Gasteiger charge is -2.15. The minimum atomic E-state index is -0.622. The van der Waals surface area contributed by atoms with Crippen molar-refractivity contribution in [3.8, 4) is 11.5 Å². The molecule has 0 bridgehead atoms. The summed E-state index contributed by atoms with van der Waals surface area (Å²) in [7, 11) is 0. The van der Waals surface area contributed by atoms with Crippen LogP contribution in [0.15, 0.2) is 59.6 Å². The Hall–Kier alpha value is -2.86. The molecule has 0 spiro atoms. The lowest BCUT2D eigenvalue weighted by Crippen LogP contribution is -2.17. The number of hydrogen-bond donors (Lipinski definition) is 0. The van der Waals surface area contributed by atoms with Crippen molar-refractivity contribution in [2.24, 2.45) is 10.9 Å². The molecule has 0 fully saturated rings. The Morgan fingerprint density at radius 1 is 0.970 bits per heavy atom. The van der Waals surface area contributed by atoms with E-state index in [9.17, 15) is 9.59 Å². The number of carbonyl (C=O) groups is 2. The van der Waals surface area contributed by atoms with Crippen LogP contribution in [0.4, 0.5) is 5.69 Å². The van der Waals surface area contributed by atoms with Crippen molar-refractivity contribution in [1.29, 1.82) is 0 Å². The molecule has 3 aromatic rings. The van der Waals surface area contributed by atoms with Crippen LogP contribution in [0.3, 0.4) is 0 Å². The van der Waals surface area contributed by atoms with Crippen molar-refractivity contribution in [3.05, 3.63) is 86.4 Å². The average Bonchev–Trinajstić information content (AvgIpc) is 2.76. The van der Waals surface area contributed by atoms with Gasteiger partial charge in [0.05, 0.1) is 27.2 Å². The van der Waals surface area contributed by atoms with Gasteiger partial charge in [0, 0.05) is 22.9 Å². The van der Waals surface area contributed by atoms with Gasteiger partial charge in [-0.05, 0) is 37.3 Å². The van der Waals surface area contributed by atoms with Gasteiger partial charge in [-0.25, -0.2) is 4.79 Å². The Kier molecular flexibility index (Phi) is 8.14. The Bertz CT molecular complexity index is 1240. The van der Waals surface area contributed by atoms with Gasteiger partial charge < -0.3 is 9.47 Å². The first-order valence-corrected chi connectivity index (χ1v) is 11.1. The topological polar surface area (TPSA) is 65.0 Å². The van der Waals surface area contributed by atoms with Crippen molar-refractivity contribution >= 4 is 58.6 Å². The van der Waals surface area contributed by atoms with Crippen LogP contribution < -0.4 is 9.47 Å². The highest BCUT2D eigenvalue weighted by Gasteiger charge is 2.21. The van der Waals surface area contributed by atoms with E-state index in [0.29, 0.717) is 21.8 Å². The zero-order valence-electron chi connectivity index (χ0n) is 18.1. The minimum Gasteiger partial charge on any atom is -0.422 e. The Labute approximate surface area is 206 Å². The monoisotopic (exact) mass is 503 g/mol. The van der Waals surface area contributed by atoms with E-state index < -0.39 is 17.9 Å². The summed E-state index contributed by atoms with van der Waals surface area (Å²) in [5.74, 6) is -1.56. The molecule has 0 saturated heterocycles. The molecular formula is C25H20Cl3NO4. The van der Waals surface area contributed by atoms with Crippen LogP contribution in [0, 0.1) is 12.8 Å². The maximum absolute atomic E-state index is 12.8. The maximum atomic E-state index is 12.8. The molecule has 0 aromatic heterocycles. The molecule has 0 saturated carbocycles. The molecule has 0 aliphatic carbocycles. The van der Waals surface area contributed by atoms with Gasteiger partial charge in [0.1, 0.15) is 0 Å². The Balaban J connectivity index is 2.05. The molecule has 0 atom stereocenters. The number of esters is 2. The minimum absolute atomic E-state index is 0.0124. The number of halogens is 3. The average molecular weight is 505 g/mol. The molecule has 0 radical (unpaired) electrons. The maximum Gasteiger partial charge on any atom is 0.343 e. The second-order valence-corrected chi connectivity index (χ2v) is 8.71. The number of aryl methyl sites for hydroxylation is 1. The Morgan fingerprint density at radius 3 is 2.39 bits per heavy atom. The zero-order chi connectivity index (χ0) is 24.1. The SMILES string of the molecule is Cc1cccc(C(=O)Oc2cc(Cl)cc(C=Nc3cccc(Cl)c3Cl)c2OC(=O)C(C)C)c1. The van der Waals surface area contributed by atoms with E-state index in [-0.39, 0.29) is 21.5 Å². The highest BCUT2D eigenvalue weighted by atomic mass is 35.5. The largest absolute Gasteiger partial charge is 0.422 e. The standard InChI is InChI=1S/C25H20Cl3NO4/c1-14(2)24(30)33-23-17(13-29-20-9-5-8-19(27)22(20)28)11-18(26)12-21(23)32-25(31)16-7-4-6-15(3)10-16/h4-14H,1-3H3. The summed E-state index contributed by atoms with van der Waals surface area (Å²) in [6, 6.07) is 14.9. The molecule has 0 heterocycles. The molecule has 0 unspecified atom stereocenters. The van der Waals surface area contributed by atoms with Crippen molar-refractivity contribution < 1.29 is 19.1 Å². The van der Waals surface area contributed by atoms with E-state index in [0.717, 1.165) is 5.56 Å². The lowest BCUT2D eigenvalue weighted by molar-refractivity contribution is -0.137. The van der Waals surface area contributed by atoms with Crippen molar-refractivity contribution in [3.63, 3.8) is 0 Å². The first-order chi connectivity index (χ1) is 15.7. The van der Waals surface area contributed by atoms with Crippen LogP contribution in [-0.4, -0.2) is 18.2 Å². The molecule has 8 heteroatoms. The van der Waals surface area contributed by atoms with E-state index in [1.165, 1.54) is 18.3 Å². The fourth-order valence-electron chi connectivity index (χ4n) is 2.75. The normalized spacial score (nSPS) is 11.1. The molecule has 33 heavy (non-hydrogen) atoms. The van der Waals surface area contributed by atoms with Gasteiger partial charge in [0.2, 0.25) is 0 Å².